The lowest BCUT2D eigenvalue weighted by molar-refractivity contribution is -0.717. The highest BCUT2D eigenvalue weighted by Gasteiger charge is 2.34. The maximum Gasteiger partial charge on any atom is 0.158 e. The Bertz CT molecular complexity index is 566. The van der Waals surface area contributed by atoms with Gasteiger partial charge in [0, 0.05) is 24.4 Å². The van der Waals surface area contributed by atoms with Gasteiger partial charge < -0.3 is 20.2 Å². The quantitative estimate of drug-likeness (QED) is 0.646. The summed E-state index contributed by atoms with van der Waals surface area (Å²) in [5, 5.41) is 12.8. The second kappa shape index (κ2) is 4.23. The fourth-order valence-corrected chi connectivity index (χ4v) is 2.37. The van der Waals surface area contributed by atoms with Crippen molar-refractivity contribution in [2.75, 3.05) is 0 Å². The molecule has 0 bridgehead atoms. The van der Waals surface area contributed by atoms with E-state index in [9.17, 15) is 9.90 Å². The number of hydrogen-bond donors (Lipinski definition) is 2. The van der Waals surface area contributed by atoms with Gasteiger partial charge in [-0.3, -0.25) is 4.98 Å². The molecule has 2 aromatic rings. The minimum atomic E-state index is -1.05. The van der Waals surface area contributed by atoms with Crippen LogP contribution in [0.3, 0.4) is 0 Å². The molecule has 0 aromatic carbocycles. The highest BCUT2D eigenvalue weighted by Crippen LogP contribution is 2.22. The largest absolute Gasteiger partial charge is 0.544 e. The molecule has 0 aliphatic carbocycles. The maximum absolute atomic E-state index is 11.1. The highest BCUT2D eigenvalue weighted by atomic mass is 16.4. The number of hydrogen-bond acceptors (Lipinski definition) is 4. The predicted molar refractivity (Wildman–Crippen MR) is 59.1 cm³/mol. The number of fused-ring (bicyclic) bond motifs is 1. The Labute approximate surface area is 103 Å². The SMILES string of the molecule is O=C([O-])[C@@H]1Cc2[nH]cnc2[C@@H](c2cccnc2)[NH2+]1. The van der Waals surface area contributed by atoms with Crippen LogP contribution in [0.2, 0.25) is 0 Å². The van der Waals surface area contributed by atoms with E-state index in [1.54, 1.807) is 24.0 Å². The van der Waals surface area contributed by atoms with Crippen molar-refractivity contribution >= 4 is 5.97 Å². The normalized spacial score (nSPS) is 22.4. The standard InChI is InChI=1S/C12H12N4O2/c17-12(18)9-4-8-11(15-6-14-8)10(16-9)7-2-1-3-13-5-7/h1-3,5-6,9-10,16H,4H2,(H,14,15)(H,17,18)/t9-,10+/m0/s1. The number of nitrogens with two attached hydrogens (primary N) is 1. The van der Waals surface area contributed by atoms with Crippen LogP contribution in [-0.4, -0.2) is 27.0 Å². The monoisotopic (exact) mass is 244 g/mol. The average Bonchev–Trinajstić information content (AvgIpc) is 2.86. The molecule has 0 saturated carbocycles. The van der Waals surface area contributed by atoms with E-state index in [2.05, 4.69) is 15.0 Å². The van der Waals surface area contributed by atoms with Crippen molar-refractivity contribution in [3.05, 3.63) is 47.8 Å². The molecule has 1 aliphatic heterocycles. The third kappa shape index (κ3) is 1.76. The van der Waals surface area contributed by atoms with Gasteiger partial charge in [-0.15, -0.1) is 0 Å². The lowest BCUT2D eigenvalue weighted by Crippen LogP contribution is -2.95. The topological polar surface area (TPSA) is 98.3 Å². The first-order valence-corrected chi connectivity index (χ1v) is 5.73. The molecule has 6 nitrogen and oxygen atoms in total. The number of carboxylic acids is 1. The molecule has 0 amide bonds. The van der Waals surface area contributed by atoms with E-state index >= 15 is 0 Å². The Morgan fingerprint density at radius 2 is 2.44 bits per heavy atom. The Hall–Kier alpha value is -2.21. The molecule has 3 N–H and O–H groups in total. The lowest BCUT2D eigenvalue weighted by atomic mass is 9.95. The van der Waals surface area contributed by atoms with Gasteiger partial charge in [0.2, 0.25) is 0 Å². The van der Waals surface area contributed by atoms with Crippen LogP contribution in [0.1, 0.15) is 23.0 Å². The molecule has 0 saturated heterocycles. The van der Waals surface area contributed by atoms with Crippen LogP contribution in [0.4, 0.5) is 0 Å². The van der Waals surface area contributed by atoms with Crippen molar-refractivity contribution in [2.45, 2.75) is 18.5 Å². The number of H-pyrrole nitrogens is 1. The summed E-state index contributed by atoms with van der Waals surface area (Å²) in [5.74, 6) is -1.05. The number of aromatic nitrogens is 3. The second-order valence-electron chi connectivity index (χ2n) is 4.35. The van der Waals surface area contributed by atoms with Gasteiger partial charge in [0.1, 0.15) is 11.7 Å². The second-order valence-corrected chi connectivity index (χ2v) is 4.35. The summed E-state index contributed by atoms with van der Waals surface area (Å²) in [5.41, 5.74) is 2.68. The van der Waals surface area contributed by atoms with E-state index in [1.165, 1.54) is 0 Å². The summed E-state index contributed by atoms with van der Waals surface area (Å²) >= 11 is 0. The number of carbonyl (C=O) groups excluding carboxylic acids is 1. The van der Waals surface area contributed by atoms with Crippen LogP contribution in [0.5, 0.6) is 0 Å². The number of aliphatic carboxylic acids is 1. The first-order valence-electron chi connectivity index (χ1n) is 5.73. The summed E-state index contributed by atoms with van der Waals surface area (Å²) in [6.07, 6.45) is 5.43. The number of imidazole rings is 1. The summed E-state index contributed by atoms with van der Waals surface area (Å²) in [6, 6.07) is 3.02. The van der Waals surface area contributed by atoms with Crippen LogP contribution in [-0.2, 0) is 11.2 Å². The minimum Gasteiger partial charge on any atom is -0.544 e. The van der Waals surface area contributed by atoms with Crippen molar-refractivity contribution < 1.29 is 15.2 Å². The molecule has 0 spiro atoms. The van der Waals surface area contributed by atoms with Gasteiger partial charge in [0.25, 0.3) is 0 Å². The maximum atomic E-state index is 11.1. The van der Waals surface area contributed by atoms with Crippen LogP contribution in [0, 0.1) is 0 Å². The third-order valence-electron chi connectivity index (χ3n) is 3.24. The Morgan fingerprint density at radius 1 is 1.56 bits per heavy atom. The molecular weight excluding hydrogens is 232 g/mol. The Balaban J connectivity index is 2.02. The molecule has 3 rings (SSSR count). The Morgan fingerprint density at radius 3 is 3.17 bits per heavy atom. The van der Waals surface area contributed by atoms with Crippen molar-refractivity contribution in [3.63, 3.8) is 0 Å². The van der Waals surface area contributed by atoms with Gasteiger partial charge in [0.15, 0.2) is 6.04 Å². The molecule has 2 atom stereocenters. The fourth-order valence-electron chi connectivity index (χ4n) is 2.37. The van der Waals surface area contributed by atoms with E-state index in [-0.39, 0.29) is 6.04 Å². The fraction of sp³-hybridized carbons (Fsp3) is 0.250. The molecule has 1 aliphatic rings. The smallest absolute Gasteiger partial charge is 0.158 e. The van der Waals surface area contributed by atoms with E-state index in [1.807, 2.05) is 12.1 Å². The summed E-state index contributed by atoms with van der Waals surface area (Å²) < 4.78 is 0. The van der Waals surface area contributed by atoms with Crippen LogP contribution in [0.25, 0.3) is 0 Å². The summed E-state index contributed by atoms with van der Waals surface area (Å²) in [6.45, 7) is 0. The first-order chi connectivity index (χ1) is 8.75. The summed E-state index contributed by atoms with van der Waals surface area (Å²) in [4.78, 5) is 22.4. The number of aromatic amines is 1. The van der Waals surface area contributed by atoms with Gasteiger partial charge in [0.05, 0.1) is 18.0 Å². The van der Waals surface area contributed by atoms with Gasteiger partial charge in [-0.05, 0) is 12.1 Å². The van der Waals surface area contributed by atoms with Crippen molar-refractivity contribution in [3.8, 4) is 0 Å². The van der Waals surface area contributed by atoms with Gasteiger partial charge >= 0.3 is 0 Å². The number of rotatable bonds is 2. The Kier molecular flexibility index (Phi) is 2.56. The van der Waals surface area contributed by atoms with Crippen molar-refractivity contribution in [2.24, 2.45) is 0 Å². The van der Waals surface area contributed by atoms with Gasteiger partial charge in [-0.2, -0.15) is 0 Å². The highest BCUT2D eigenvalue weighted by molar-refractivity contribution is 5.70. The number of quaternary nitrogens is 1. The van der Waals surface area contributed by atoms with Crippen molar-refractivity contribution in [1.29, 1.82) is 0 Å². The van der Waals surface area contributed by atoms with E-state index in [4.69, 9.17) is 0 Å². The molecule has 0 radical (unpaired) electrons. The number of nitrogens with zero attached hydrogens (tertiary/aromatic N) is 2. The van der Waals surface area contributed by atoms with E-state index in [0.29, 0.717) is 6.42 Å². The molecule has 6 heteroatoms. The molecule has 3 heterocycles. The van der Waals surface area contributed by atoms with Crippen LogP contribution < -0.4 is 10.4 Å². The van der Waals surface area contributed by atoms with Gasteiger partial charge in [-0.25, -0.2) is 4.98 Å². The average molecular weight is 244 g/mol. The van der Waals surface area contributed by atoms with Gasteiger partial charge in [-0.1, -0.05) is 0 Å². The van der Waals surface area contributed by atoms with Crippen molar-refractivity contribution in [1.82, 2.24) is 15.0 Å². The van der Waals surface area contributed by atoms with E-state index in [0.717, 1.165) is 17.0 Å². The molecule has 18 heavy (non-hydrogen) atoms. The number of nitrogens with one attached hydrogen (secondary N) is 1. The number of carbonyl (C=O) groups is 1. The zero-order chi connectivity index (χ0) is 12.5. The summed E-state index contributed by atoms with van der Waals surface area (Å²) in [7, 11) is 0. The van der Waals surface area contributed by atoms with Crippen LogP contribution in [0.15, 0.2) is 30.9 Å². The van der Waals surface area contributed by atoms with E-state index < -0.39 is 12.0 Å². The molecule has 0 fully saturated rings. The molecular formula is C12H12N4O2. The lowest BCUT2D eigenvalue weighted by Gasteiger charge is -2.27. The molecule has 92 valence electrons. The molecule has 2 aromatic heterocycles. The third-order valence-corrected chi connectivity index (χ3v) is 3.24. The minimum absolute atomic E-state index is 0.142. The number of carboxylic acid groups (broad SMARTS) is 1. The molecule has 0 unspecified atom stereocenters. The zero-order valence-electron chi connectivity index (χ0n) is 9.54. The van der Waals surface area contributed by atoms with Crippen LogP contribution >= 0.6 is 0 Å². The number of pyridine rings is 1. The first kappa shape index (κ1) is 10.9. The predicted octanol–water partition coefficient (Wildman–Crippen LogP) is -1.87. The zero-order valence-corrected chi connectivity index (χ0v) is 9.54.